The second kappa shape index (κ2) is 5.63. The van der Waals surface area contributed by atoms with Gasteiger partial charge in [-0.2, -0.15) is 0 Å². The molecule has 0 spiro atoms. The summed E-state index contributed by atoms with van der Waals surface area (Å²) in [4.78, 5) is -0.0894. The monoisotopic (exact) mass is 380 g/mol. The summed E-state index contributed by atoms with van der Waals surface area (Å²) in [6.07, 6.45) is 0. The molecule has 2 aromatic rings. The number of nitrogens with zero attached hydrogens (tertiary/aromatic N) is 1. The van der Waals surface area contributed by atoms with Crippen LogP contribution < -0.4 is 9.46 Å². The van der Waals surface area contributed by atoms with Gasteiger partial charge >= 0.3 is 0 Å². The Morgan fingerprint density at radius 2 is 2.15 bits per heavy atom. The van der Waals surface area contributed by atoms with E-state index in [0.717, 1.165) is 0 Å². The molecule has 1 aromatic carbocycles. The highest BCUT2D eigenvalue weighted by molar-refractivity contribution is 9.10. The molecule has 0 atom stereocenters. The Morgan fingerprint density at radius 1 is 1.45 bits per heavy atom. The standard InChI is InChI=1S/C11H10BrClN2O4S/c1-6-10(12)11(19-14-6)15-20(16,17)9-5-7(13)3-4-8(9)18-2/h3-5,15H,1-2H3. The number of nitrogens with one attached hydrogen (secondary N) is 1. The summed E-state index contributed by atoms with van der Waals surface area (Å²) >= 11 is 9.01. The Balaban J connectivity index is 2.45. The molecule has 108 valence electrons. The number of halogens is 2. The number of rotatable bonds is 4. The summed E-state index contributed by atoms with van der Waals surface area (Å²) in [5, 5.41) is 3.92. The number of anilines is 1. The molecule has 0 aliphatic rings. The van der Waals surface area contributed by atoms with Crippen LogP contribution in [-0.4, -0.2) is 20.7 Å². The molecule has 0 aliphatic carbocycles. The molecule has 1 heterocycles. The molecule has 0 fully saturated rings. The molecule has 1 N–H and O–H groups in total. The topological polar surface area (TPSA) is 81.4 Å². The van der Waals surface area contributed by atoms with Crippen LogP contribution >= 0.6 is 27.5 Å². The average Bonchev–Trinajstić information content (AvgIpc) is 2.70. The van der Waals surface area contributed by atoms with Gasteiger partial charge in [-0.25, -0.2) is 13.1 Å². The summed E-state index contributed by atoms with van der Waals surface area (Å²) < 4.78 is 37.3. The van der Waals surface area contributed by atoms with Gasteiger partial charge in [-0.1, -0.05) is 16.8 Å². The van der Waals surface area contributed by atoms with Gasteiger partial charge in [0.05, 0.1) is 12.8 Å². The first-order valence-electron chi connectivity index (χ1n) is 5.33. The molecule has 20 heavy (non-hydrogen) atoms. The Bertz CT molecular complexity index is 745. The number of sulfonamides is 1. The largest absolute Gasteiger partial charge is 0.495 e. The van der Waals surface area contributed by atoms with Gasteiger partial charge in [0.1, 0.15) is 15.1 Å². The van der Waals surface area contributed by atoms with Crippen LogP contribution in [0.3, 0.4) is 0 Å². The second-order valence-corrected chi connectivity index (χ2v) is 6.69. The Morgan fingerprint density at radius 3 is 2.70 bits per heavy atom. The smallest absolute Gasteiger partial charge is 0.268 e. The van der Waals surface area contributed by atoms with Crippen molar-refractivity contribution >= 4 is 43.4 Å². The first-order chi connectivity index (χ1) is 9.35. The van der Waals surface area contributed by atoms with Gasteiger partial charge in [-0.05, 0) is 41.1 Å². The minimum absolute atomic E-state index is 0.00970. The van der Waals surface area contributed by atoms with Crippen LogP contribution in [0.2, 0.25) is 5.02 Å². The molecule has 0 bridgehead atoms. The lowest BCUT2D eigenvalue weighted by molar-refractivity contribution is 0.402. The lowest BCUT2D eigenvalue weighted by Crippen LogP contribution is -2.14. The maximum atomic E-state index is 12.3. The molecule has 0 saturated carbocycles. The van der Waals surface area contributed by atoms with Crippen molar-refractivity contribution in [3.8, 4) is 5.75 Å². The lowest BCUT2D eigenvalue weighted by Gasteiger charge is -2.10. The van der Waals surface area contributed by atoms with Gasteiger partial charge in [0.25, 0.3) is 15.9 Å². The highest BCUT2D eigenvalue weighted by Crippen LogP contribution is 2.31. The zero-order valence-corrected chi connectivity index (χ0v) is 13.6. The molecular formula is C11H10BrClN2O4S. The predicted octanol–water partition coefficient (Wildman–Crippen LogP) is 3.21. The van der Waals surface area contributed by atoms with E-state index in [9.17, 15) is 8.42 Å². The third-order valence-corrected chi connectivity index (χ3v) is 4.95. The summed E-state index contributed by atoms with van der Waals surface area (Å²) in [6, 6.07) is 4.30. The highest BCUT2D eigenvalue weighted by atomic mass is 79.9. The average molecular weight is 382 g/mol. The number of methoxy groups -OCH3 is 1. The van der Waals surface area contributed by atoms with Crippen LogP contribution in [0.25, 0.3) is 0 Å². The summed E-state index contributed by atoms with van der Waals surface area (Å²) in [5.74, 6) is 0.166. The van der Waals surface area contributed by atoms with E-state index in [0.29, 0.717) is 10.2 Å². The van der Waals surface area contributed by atoms with E-state index in [1.54, 1.807) is 6.92 Å². The number of aromatic nitrogens is 1. The Labute approximate surface area is 129 Å². The minimum atomic E-state index is -3.91. The van der Waals surface area contributed by atoms with Crippen LogP contribution in [0.1, 0.15) is 5.69 Å². The zero-order chi connectivity index (χ0) is 14.9. The molecule has 6 nitrogen and oxygen atoms in total. The van der Waals surface area contributed by atoms with Crippen molar-refractivity contribution in [2.45, 2.75) is 11.8 Å². The van der Waals surface area contributed by atoms with E-state index < -0.39 is 10.0 Å². The molecule has 0 saturated heterocycles. The first-order valence-corrected chi connectivity index (χ1v) is 7.98. The summed E-state index contributed by atoms with van der Waals surface area (Å²) in [5.41, 5.74) is 0.528. The van der Waals surface area contributed by atoms with E-state index in [1.807, 2.05) is 0 Å². The van der Waals surface area contributed by atoms with Crippen molar-refractivity contribution < 1.29 is 17.7 Å². The number of aryl methyl sites for hydroxylation is 1. The molecule has 0 aliphatic heterocycles. The molecule has 1 aromatic heterocycles. The summed E-state index contributed by atoms with van der Waals surface area (Å²) in [6.45, 7) is 1.67. The van der Waals surface area contributed by atoms with Crippen molar-refractivity contribution in [2.75, 3.05) is 11.8 Å². The lowest BCUT2D eigenvalue weighted by atomic mass is 10.3. The molecular weight excluding hydrogens is 372 g/mol. The normalized spacial score (nSPS) is 11.4. The fourth-order valence-electron chi connectivity index (χ4n) is 1.46. The zero-order valence-electron chi connectivity index (χ0n) is 10.5. The number of benzene rings is 1. The molecule has 0 radical (unpaired) electrons. The van der Waals surface area contributed by atoms with Gasteiger partial charge in [0.15, 0.2) is 0 Å². The van der Waals surface area contributed by atoms with E-state index in [-0.39, 0.29) is 21.6 Å². The number of ether oxygens (including phenoxy) is 1. The Kier molecular flexibility index (Phi) is 4.26. The van der Waals surface area contributed by atoms with Crippen molar-refractivity contribution in [2.24, 2.45) is 0 Å². The molecule has 0 amide bonds. The maximum Gasteiger partial charge on any atom is 0.268 e. The van der Waals surface area contributed by atoms with Gasteiger partial charge < -0.3 is 9.26 Å². The van der Waals surface area contributed by atoms with Crippen LogP contribution in [0.5, 0.6) is 5.75 Å². The fraction of sp³-hybridized carbons (Fsp3) is 0.182. The number of hydrogen-bond acceptors (Lipinski definition) is 5. The summed E-state index contributed by atoms with van der Waals surface area (Å²) in [7, 11) is -2.54. The predicted molar refractivity (Wildman–Crippen MR) is 77.8 cm³/mol. The van der Waals surface area contributed by atoms with Gasteiger partial charge in [-0.3, -0.25) is 0 Å². The van der Waals surface area contributed by atoms with Gasteiger partial charge in [0, 0.05) is 5.02 Å². The van der Waals surface area contributed by atoms with Gasteiger partial charge in [-0.15, -0.1) is 0 Å². The molecule has 2 rings (SSSR count). The highest BCUT2D eigenvalue weighted by Gasteiger charge is 2.23. The molecule has 9 heteroatoms. The van der Waals surface area contributed by atoms with Crippen molar-refractivity contribution in [3.63, 3.8) is 0 Å². The van der Waals surface area contributed by atoms with E-state index >= 15 is 0 Å². The van der Waals surface area contributed by atoms with Crippen LogP contribution in [-0.2, 0) is 10.0 Å². The van der Waals surface area contributed by atoms with Crippen molar-refractivity contribution in [1.82, 2.24) is 5.16 Å². The molecule has 0 unspecified atom stereocenters. The van der Waals surface area contributed by atoms with Crippen LogP contribution in [0.4, 0.5) is 5.88 Å². The van der Waals surface area contributed by atoms with Crippen molar-refractivity contribution in [3.05, 3.63) is 33.4 Å². The van der Waals surface area contributed by atoms with E-state index in [2.05, 4.69) is 25.8 Å². The van der Waals surface area contributed by atoms with Gasteiger partial charge in [0.2, 0.25) is 0 Å². The van der Waals surface area contributed by atoms with E-state index in [4.69, 9.17) is 20.9 Å². The third kappa shape index (κ3) is 2.92. The third-order valence-electron chi connectivity index (χ3n) is 2.43. The first kappa shape index (κ1) is 15.1. The Hall–Kier alpha value is -1.25. The van der Waals surface area contributed by atoms with Crippen LogP contribution in [0.15, 0.2) is 32.1 Å². The minimum Gasteiger partial charge on any atom is -0.495 e. The maximum absolute atomic E-state index is 12.3. The SMILES string of the molecule is COc1ccc(Cl)cc1S(=O)(=O)Nc1onc(C)c1Br. The van der Waals surface area contributed by atoms with Crippen molar-refractivity contribution in [1.29, 1.82) is 0 Å². The van der Waals surface area contributed by atoms with Crippen LogP contribution in [0, 0.1) is 6.92 Å². The van der Waals surface area contributed by atoms with E-state index in [1.165, 1.54) is 25.3 Å². The quantitative estimate of drug-likeness (QED) is 0.879. The number of hydrogen-bond donors (Lipinski definition) is 1. The fourth-order valence-corrected chi connectivity index (χ4v) is 3.26. The second-order valence-electron chi connectivity index (χ2n) is 3.81.